The lowest BCUT2D eigenvalue weighted by molar-refractivity contribution is -0.141. The number of likely N-dealkylation sites (tertiary alicyclic amines) is 1. The molecule has 29 heavy (non-hydrogen) atoms. The first-order valence-corrected chi connectivity index (χ1v) is 11.1. The van der Waals surface area contributed by atoms with Crippen molar-refractivity contribution in [2.24, 2.45) is 5.92 Å². The Kier molecular flexibility index (Phi) is 6.22. The van der Waals surface area contributed by atoms with E-state index in [0.29, 0.717) is 31.5 Å². The molecule has 2 heterocycles. The lowest BCUT2D eigenvalue weighted by Gasteiger charge is -2.44. The van der Waals surface area contributed by atoms with Crippen LogP contribution in [0.25, 0.3) is 10.9 Å². The lowest BCUT2D eigenvalue weighted by atomic mass is 9.78. The molecule has 1 aliphatic carbocycles. The Bertz CT molecular complexity index is 870. The number of hydrogen-bond acceptors (Lipinski definition) is 3. The first-order valence-electron chi connectivity index (χ1n) is 11.1. The molecule has 5 heteroatoms. The number of benzene rings is 1. The second-order valence-corrected chi connectivity index (χ2v) is 8.55. The van der Waals surface area contributed by atoms with E-state index >= 15 is 0 Å². The van der Waals surface area contributed by atoms with E-state index in [9.17, 15) is 9.59 Å². The summed E-state index contributed by atoms with van der Waals surface area (Å²) < 4.78 is 7.25. The van der Waals surface area contributed by atoms with Crippen LogP contribution in [-0.2, 0) is 27.3 Å². The minimum atomic E-state index is -0.255. The number of esters is 1. The van der Waals surface area contributed by atoms with E-state index in [4.69, 9.17) is 4.74 Å². The summed E-state index contributed by atoms with van der Waals surface area (Å²) in [5.74, 6) is 0.790. The van der Waals surface area contributed by atoms with Crippen LogP contribution in [0.15, 0.2) is 30.5 Å². The Balaban J connectivity index is 1.43. The van der Waals surface area contributed by atoms with Gasteiger partial charge < -0.3 is 14.2 Å². The van der Waals surface area contributed by atoms with Gasteiger partial charge in [0.2, 0.25) is 5.91 Å². The maximum Gasteiger partial charge on any atom is 0.302 e. The molecular formula is C24H32N2O3. The normalized spacial score (nSPS) is 21.8. The van der Waals surface area contributed by atoms with Crippen LogP contribution in [0, 0.1) is 5.92 Å². The maximum atomic E-state index is 13.1. The van der Waals surface area contributed by atoms with Crippen LogP contribution in [0.4, 0.5) is 0 Å². The summed E-state index contributed by atoms with van der Waals surface area (Å²) in [5.41, 5.74) is 2.33. The molecule has 5 nitrogen and oxygen atoms in total. The highest BCUT2D eigenvalue weighted by atomic mass is 16.5. The molecule has 2 aromatic rings. The molecule has 0 radical (unpaired) electrons. The van der Waals surface area contributed by atoms with E-state index in [2.05, 4.69) is 27.8 Å². The average molecular weight is 397 g/mol. The van der Waals surface area contributed by atoms with Gasteiger partial charge in [0.05, 0.1) is 6.54 Å². The SMILES string of the molecule is CC(=O)OCCn1cc(CCC(=O)N2CCCC3CCCCC32)c2ccccc21. The Labute approximate surface area is 173 Å². The molecule has 1 aliphatic heterocycles. The predicted molar refractivity (Wildman–Crippen MR) is 114 cm³/mol. The zero-order valence-electron chi connectivity index (χ0n) is 17.4. The second-order valence-electron chi connectivity index (χ2n) is 8.55. The summed E-state index contributed by atoms with van der Waals surface area (Å²) in [6, 6.07) is 8.76. The molecule has 4 rings (SSSR count). The van der Waals surface area contributed by atoms with Gasteiger partial charge in [-0.05, 0) is 49.7 Å². The molecule has 1 amide bonds. The molecule has 0 bridgehead atoms. The largest absolute Gasteiger partial charge is 0.464 e. The number of carbonyl (C=O) groups excluding carboxylic acids is 2. The van der Waals surface area contributed by atoms with Crippen molar-refractivity contribution in [3.63, 3.8) is 0 Å². The zero-order chi connectivity index (χ0) is 20.2. The van der Waals surface area contributed by atoms with Crippen molar-refractivity contribution in [3.8, 4) is 0 Å². The fourth-order valence-electron chi connectivity index (χ4n) is 5.31. The number of aromatic nitrogens is 1. The monoisotopic (exact) mass is 396 g/mol. The zero-order valence-corrected chi connectivity index (χ0v) is 17.4. The highest BCUT2D eigenvalue weighted by molar-refractivity contribution is 5.85. The first-order chi connectivity index (χ1) is 14.1. The predicted octanol–water partition coefficient (Wildman–Crippen LogP) is 4.32. The van der Waals surface area contributed by atoms with Gasteiger partial charge in [0, 0.05) is 43.0 Å². The van der Waals surface area contributed by atoms with Crippen LogP contribution < -0.4 is 0 Å². The van der Waals surface area contributed by atoms with Gasteiger partial charge in [0.1, 0.15) is 6.61 Å². The minimum absolute atomic E-state index is 0.255. The molecule has 0 spiro atoms. The summed E-state index contributed by atoms with van der Waals surface area (Å²) >= 11 is 0. The van der Waals surface area contributed by atoms with Crippen molar-refractivity contribution < 1.29 is 14.3 Å². The number of hydrogen-bond donors (Lipinski definition) is 0. The quantitative estimate of drug-likeness (QED) is 0.684. The van der Waals surface area contributed by atoms with Gasteiger partial charge in [-0.2, -0.15) is 0 Å². The van der Waals surface area contributed by atoms with Gasteiger partial charge in [-0.25, -0.2) is 0 Å². The summed E-state index contributed by atoms with van der Waals surface area (Å²) in [6.07, 6.45) is 11.0. The van der Waals surface area contributed by atoms with Crippen molar-refractivity contribution >= 4 is 22.8 Å². The third kappa shape index (κ3) is 4.49. The van der Waals surface area contributed by atoms with Gasteiger partial charge in [-0.1, -0.05) is 31.0 Å². The average Bonchev–Trinajstić information content (AvgIpc) is 3.09. The number of piperidine rings is 1. The van der Waals surface area contributed by atoms with Crippen LogP contribution in [0.3, 0.4) is 0 Å². The van der Waals surface area contributed by atoms with Gasteiger partial charge >= 0.3 is 5.97 Å². The van der Waals surface area contributed by atoms with Crippen LogP contribution in [0.5, 0.6) is 0 Å². The number of para-hydroxylation sites is 1. The molecule has 2 unspecified atom stereocenters. The molecule has 1 aromatic heterocycles. The molecule has 2 fully saturated rings. The van der Waals surface area contributed by atoms with Gasteiger partial charge in [0.25, 0.3) is 0 Å². The minimum Gasteiger partial charge on any atom is -0.464 e. The van der Waals surface area contributed by atoms with E-state index in [1.54, 1.807) is 0 Å². The summed E-state index contributed by atoms with van der Waals surface area (Å²) in [5, 5.41) is 1.19. The Morgan fingerprint density at radius 1 is 1.10 bits per heavy atom. The number of aryl methyl sites for hydroxylation is 1. The highest BCUT2D eigenvalue weighted by Crippen LogP contribution is 2.35. The van der Waals surface area contributed by atoms with Crippen molar-refractivity contribution in [1.82, 2.24) is 9.47 Å². The second kappa shape index (κ2) is 9.02. The molecular weight excluding hydrogens is 364 g/mol. The molecule has 2 atom stereocenters. The number of fused-ring (bicyclic) bond motifs is 2. The maximum absolute atomic E-state index is 13.1. The summed E-state index contributed by atoms with van der Waals surface area (Å²) in [7, 11) is 0. The fourth-order valence-corrected chi connectivity index (χ4v) is 5.31. The third-order valence-corrected chi connectivity index (χ3v) is 6.68. The van der Waals surface area contributed by atoms with Crippen LogP contribution in [-0.4, -0.2) is 40.5 Å². The smallest absolute Gasteiger partial charge is 0.302 e. The Morgan fingerprint density at radius 3 is 2.76 bits per heavy atom. The van der Waals surface area contributed by atoms with Gasteiger partial charge in [-0.3, -0.25) is 9.59 Å². The molecule has 0 N–H and O–H groups in total. The van der Waals surface area contributed by atoms with Crippen LogP contribution in [0.2, 0.25) is 0 Å². The lowest BCUT2D eigenvalue weighted by Crippen LogP contribution is -2.49. The fraction of sp³-hybridized carbons (Fsp3) is 0.583. The van der Waals surface area contributed by atoms with E-state index in [0.717, 1.165) is 30.8 Å². The van der Waals surface area contributed by atoms with Crippen molar-refractivity contribution in [1.29, 1.82) is 0 Å². The summed E-state index contributed by atoms with van der Waals surface area (Å²) in [6.45, 7) is 3.36. The van der Waals surface area contributed by atoms with Crippen LogP contribution in [0.1, 0.15) is 57.4 Å². The molecule has 1 saturated heterocycles. The number of ether oxygens (including phenoxy) is 1. The van der Waals surface area contributed by atoms with Crippen LogP contribution >= 0.6 is 0 Å². The number of amides is 1. The molecule has 156 valence electrons. The topological polar surface area (TPSA) is 51.5 Å². The standard InChI is InChI=1S/C24H32N2O3/c1-18(27)29-16-15-25-17-20(21-9-3-5-11-23(21)25)12-13-24(28)26-14-6-8-19-7-2-4-10-22(19)26/h3,5,9,11,17,19,22H,2,4,6-8,10,12-16H2,1H3. The van der Waals surface area contributed by atoms with E-state index < -0.39 is 0 Å². The van der Waals surface area contributed by atoms with E-state index in [-0.39, 0.29) is 5.97 Å². The van der Waals surface area contributed by atoms with Crippen molar-refractivity contribution in [2.75, 3.05) is 13.2 Å². The Hall–Kier alpha value is -2.30. The number of rotatable bonds is 6. The van der Waals surface area contributed by atoms with E-state index in [1.807, 2.05) is 12.1 Å². The number of nitrogens with zero attached hydrogens (tertiary/aromatic N) is 2. The number of carbonyl (C=O) groups is 2. The first kappa shape index (κ1) is 20.0. The van der Waals surface area contributed by atoms with Gasteiger partial charge in [0.15, 0.2) is 0 Å². The van der Waals surface area contributed by atoms with Crippen molar-refractivity contribution in [2.45, 2.75) is 70.9 Å². The van der Waals surface area contributed by atoms with E-state index in [1.165, 1.54) is 50.0 Å². The van der Waals surface area contributed by atoms with Gasteiger partial charge in [-0.15, -0.1) is 0 Å². The summed E-state index contributed by atoms with van der Waals surface area (Å²) in [4.78, 5) is 26.3. The highest BCUT2D eigenvalue weighted by Gasteiger charge is 2.35. The van der Waals surface area contributed by atoms with Crippen molar-refractivity contribution in [3.05, 3.63) is 36.0 Å². The third-order valence-electron chi connectivity index (χ3n) is 6.68. The molecule has 1 aromatic carbocycles. The molecule has 2 aliphatic rings. The Morgan fingerprint density at radius 2 is 1.90 bits per heavy atom. The molecule has 1 saturated carbocycles.